The molecule has 0 aliphatic carbocycles. The Labute approximate surface area is 162 Å². The highest BCUT2D eigenvalue weighted by Crippen LogP contribution is 2.28. The van der Waals surface area contributed by atoms with E-state index < -0.39 is 0 Å². The Kier molecular flexibility index (Phi) is 6.51. The number of aryl methyl sites for hydroxylation is 1. The van der Waals surface area contributed by atoms with Crippen LogP contribution in [0.5, 0.6) is 0 Å². The molecule has 0 bridgehead atoms. The number of nitrogens with zero attached hydrogens (tertiary/aromatic N) is 3. The molecule has 0 radical (unpaired) electrons. The van der Waals surface area contributed by atoms with E-state index in [9.17, 15) is 0 Å². The zero-order valence-corrected chi connectivity index (χ0v) is 16.4. The van der Waals surface area contributed by atoms with Crippen molar-refractivity contribution < 1.29 is 9.57 Å². The van der Waals surface area contributed by atoms with Gasteiger partial charge in [0.2, 0.25) is 0 Å². The molecule has 3 aromatic rings. The molecule has 0 spiro atoms. The Balaban J connectivity index is 1.73. The molecule has 3 aromatic heterocycles. The third kappa shape index (κ3) is 5.35. The molecule has 3 rings (SSSR count). The van der Waals surface area contributed by atoms with Gasteiger partial charge in [-0.05, 0) is 55.8 Å². The lowest BCUT2D eigenvalue weighted by Gasteiger charge is -2.06. The SMILES string of the molecule is COCCON=C(C)c1ccc(-c2cccc(Nc3cc(C)ccn3)n2)s1. The Hall–Kier alpha value is -2.77. The fraction of sp³-hybridized carbons (Fsp3) is 0.250. The van der Waals surface area contributed by atoms with Crippen molar-refractivity contribution in [3.8, 4) is 10.6 Å². The van der Waals surface area contributed by atoms with E-state index in [0.29, 0.717) is 13.2 Å². The maximum absolute atomic E-state index is 5.24. The molecule has 0 aliphatic heterocycles. The molecule has 140 valence electrons. The molecule has 0 saturated heterocycles. The molecule has 0 amide bonds. The quantitative estimate of drug-likeness (QED) is 0.349. The number of hydrogen-bond donors (Lipinski definition) is 1. The van der Waals surface area contributed by atoms with Crippen molar-refractivity contribution in [3.63, 3.8) is 0 Å². The van der Waals surface area contributed by atoms with Gasteiger partial charge in [-0.1, -0.05) is 11.2 Å². The van der Waals surface area contributed by atoms with Crippen LogP contribution in [-0.2, 0) is 9.57 Å². The van der Waals surface area contributed by atoms with Gasteiger partial charge in [-0.25, -0.2) is 9.97 Å². The first-order chi connectivity index (χ1) is 13.2. The molecule has 0 aromatic carbocycles. The number of rotatable bonds is 8. The second-order valence-electron chi connectivity index (χ2n) is 5.92. The molecule has 0 aliphatic rings. The van der Waals surface area contributed by atoms with Crippen LogP contribution < -0.4 is 5.32 Å². The lowest BCUT2D eigenvalue weighted by atomic mass is 10.2. The van der Waals surface area contributed by atoms with Crippen LogP contribution >= 0.6 is 11.3 Å². The van der Waals surface area contributed by atoms with E-state index in [1.807, 2.05) is 56.3 Å². The molecule has 27 heavy (non-hydrogen) atoms. The molecule has 1 N–H and O–H groups in total. The smallest absolute Gasteiger partial charge is 0.140 e. The third-order valence-electron chi connectivity index (χ3n) is 3.72. The van der Waals surface area contributed by atoms with Crippen LogP contribution in [0, 0.1) is 6.92 Å². The summed E-state index contributed by atoms with van der Waals surface area (Å²) in [5.74, 6) is 1.54. The van der Waals surface area contributed by atoms with Crippen molar-refractivity contribution in [2.45, 2.75) is 13.8 Å². The van der Waals surface area contributed by atoms with Gasteiger partial charge in [0, 0.05) is 13.3 Å². The van der Waals surface area contributed by atoms with Crippen LogP contribution in [0.15, 0.2) is 53.8 Å². The average molecular weight is 382 g/mol. The first-order valence-corrected chi connectivity index (χ1v) is 9.40. The van der Waals surface area contributed by atoms with Gasteiger partial charge in [0.25, 0.3) is 0 Å². The van der Waals surface area contributed by atoms with Crippen LogP contribution in [-0.4, -0.2) is 36.0 Å². The summed E-state index contributed by atoms with van der Waals surface area (Å²) in [5, 5.41) is 7.38. The largest absolute Gasteiger partial charge is 0.393 e. The van der Waals surface area contributed by atoms with Gasteiger partial charge < -0.3 is 14.9 Å². The van der Waals surface area contributed by atoms with Crippen molar-refractivity contribution in [3.05, 3.63) is 59.1 Å². The molecule has 0 saturated carbocycles. The standard InChI is InChI=1S/C20H22N4O2S/c1-14-9-10-21-20(13-14)23-19-6-4-5-16(22-19)18-8-7-17(27-18)15(2)24-26-12-11-25-3/h4-10,13H,11-12H2,1-3H3,(H,21,22,23). The van der Waals surface area contributed by atoms with Gasteiger partial charge in [0.1, 0.15) is 18.2 Å². The summed E-state index contributed by atoms with van der Waals surface area (Å²) >= 11 is 1.63. The van der Waals surface area contributed by atoms with Crippen LogP contribution in [0.25, 0.3) is 10.6 Å². The topological polar surface area (TPSA) is 68.6 Å². The van der Waals surface area contributed by atoms with Crippen LogP contribution in [0.4, 0.5) is 11.6 Å². The zero-order valence-electron chi connectivity index (χ0n) is 15.6. The first kappa shape index (κ1) is 19.0. The number of thiophene rings is 1. The molecule has 0 fully saturated rings. The number of oxime groups is 1. The van der Waals surface area contributed by atoms with Crippen molar-refractivity contribution in [1.29, 1.82) is 0 Å². The Morgan fingerprint density at radius 3 is 2.85 bits per heavy atom. The molecular formula is C20H22N4O2S. The van der Waals surface area contributed by atoms with E-state index in [-0.39, 0.29) is 0 Å². The van der Waals surface area contributed by atoms with E-state index in [1.54, 1.807) is 24.6 Å². The highest BCUT2D eigenvalue weighted by atomic mass is 32.1. The lowest BCUT2D eigenvalue weighted by molar-refractivity contribution is 0.0751. The molecule has 0 atom stereocenters. The van der Waals surface area contributed by atoms with Gasteiger partial charge in [0.05, 0.1) is 27.8 Å². The van der Waals surface area contributed by atoms with Crippen LogP contribution in [0.1, 0.15) is 17.4 Å². The van der Waals surface area contributed by atoms with Crippen molar-refractivity contribution >= 4 is 28.7 Å². The average Bonchev–Trinajstić information content (AvgIpc) is 3.16. The van der Waals surface area contributed by atoms with Crippen LogP contribution in [0.3, 0.4) is 0 Å². The summed E-state index contributed by atoms with van der Waals surface area (Å²) in [6, 6.07) is 13.9. The first-order valence-electron chi connectivity index (χ1n) is 8.58. The van der Waals surface area contributed by atoms with E-state index >= 15 is 0 Å². The number of anilines is 2. The molecule has 0 unspecified atom stereocenters. The predicted molar refractivity (Wildman–Crippen MR) is 110 cm³/mol. The highest BCUT2D eigenvalue weighted by Gasteiger charge is 2.08. The number of hydrogen-bond acceptors (Lipinski definition) is 7. The predicted octanol–water partition coefficient (Wildman–Crippen LogP) is 4.64. The Morgan fingerprint density at radius 1 is 1.15 bits per heavy atom. The second-order valence-corrected chi connectivity index (χ2v) is 7.00. The summed E-state index contributed by atoms with van der Waals surface area (Å²) in [6.07, 6.45) is 1.78. The fourth-order valence-electron chi connectivity index (χ4n) is 2.36. The van der Waals surface area contributed by atoms with Gasteiger partial charge in [0.15, 0.2) is 0 Å². The van der Waals surface area contributed by atoms with Crippen molar-refractivity contribution in [2.75, 3.05) is 25.6 Å². The summed E-state index contributed by atoms with van der Waals surface area (Å²) in [4.78, 5) is 16.4. The minimum atomic E-state index is 0.439. The lowest BCUT2D eigenvalue weighted by Crippen LogP contribution is -2.00. The normalized spacial score (nSPS) is 11.4. The third-order valence-corrected chi connectivity index (χ3v) is 4.93. The van der Waals surface area contributed by atoms with E-state index in [4.69, 9.17) is 14.6 Å². The number of methoxy groups -OCH3 is 1. The molecule has 6 nitrogen and oxygen atoms in total. The van der Waals surface area contributed by atoms with Gasteiger partial charge in [-0.15, -0.1) is 11.3 Å². The van der Waals surface area contributed by atoms with Crippen molar-refractivity contribution in [1.82, 2.24) is 9.97 Å². The van der Waals surface area contributed by atoms with Crippen molar-refractivity contribution in [2.24, 2.45) is 5.16 Å². The minimum absolute atomic E-state index is 0.439. The fourth-order valence-corrected chi connectivity index (χ4v) is 3.27. The number of ether oxygens (including phenoxy) is 1. The van der Waals surface area contributed by atoms with Crippen LogP contribution in [0.2, 0.25) is 0 Å². The molecule has 7 heteroatoms. The van der Waals surface area contributed by atoms with E-state index in [1.165, 1.54) is 0 Å². The van der Waals surface area contributed by atoms with Gasteiger partial charge >= 0.3 is 0 Å². The molecular weight excluding hydrogens is 360 g/mol. The van der Waals surface area contributed by atoms with E-state index in [2.05, 4.69) is 15.5 Å². The Morgan fingerprint density at radius 2 is 2.04 bits per heavy atom. The van der Waals surface area contributed by atoms with E-state index in [0.717, 1.165) is 38.4 Å². The second kappa shape index (κ2) is 9.25. The minimum Gasteiger partial charge on any atom is -0.393 e. The highest BCUT2D eigenvalue weighted by molar-refractivity contribution is 7.17. The summed E-state index contributed by atoms with van der Waals surface area (Å²) in [7, 11) is 1.64. The molecule has 3 heterocycles. The van der Waals surface area contributed by atoms with Gasteiger partial charge in [-0.3, -0.25) is 0 Å². The number of nitrogens with one attached hydrogen (secondary N) is 1. The monoisotopic (exact) mass is 382 g/mol. The number of aromatic nitrogens is 2. The summed E-state index contributed by atoms with van der Waals surface area (Å²) < 4.78 is 4.94. The summed E-state index contributed by atoms with van der Waals surface area (Å²) in [5.41, 5.74) is 2.88. The summed E-state index contributed by atoms with van der Waals surface area (Å²) in [6.45, 7) is 4.92. The van der Waals surface area contributed by atoms with Gasteiger partial charge in [-0.2, -0.15) is 0 Å². The Bertz CT molecular complexity index is 924. The maximum Gasteiger partial charge on any atom is 0.140 e. The zero-order chi connectivity index (χ0) is 19.1. The maximum atomic E-state index is 5.24. The number of pyridine rings is 2.